The summed E-state index contributed by atoms with van der Waals surface area (Å²) in [6.07, 6.45) is 5.76. The smallest absolute Gasteiger partial charge is 0.0431 e. The first-order valence-electron chi connectivity index (χ1n) is 6.99. The average molecular weight is 248 g/mol. The highest BCUT2D eigenvalue weighted by Gasteiger charge is 2.23. The van der Waals surface area contributed by atoms with Crippen molar-refractivity contribution in [1.29, 1.82) is 0 Å². The van der Waals surface area contributed by atoms with E-state index in [2.05, 4.69) is 17.0 Å². The molecule has 1 aliphatic rings. The van der Waals surface area contributed by atoms with Crippen molar-refractivity contribution in [2.45, 2.75) is 38.1 Å². The van der Waals surface area contributed by atoms with Gasteiger partial charge in [0, 0.05) is 24.9 Å². The largest absolute Gasteiger partial charge is 0.399 e. The second-order valence-electron chi connectivity index (χ2n) is 5.19. The molecule has 1 unspecified atom stereocenters. The highest BCUT2D eigenvalue weighted by atomic mass is 16.2. The second-order valence-corrected chi connectivity index (χ2v) is 5.19. The molecule has 3 N–H and O–H groups in total. The molecule has 0 aliphatic carbocycles. The number of aliphatic hydroxyl groups excluding tert-OH is 1. The van der Waals surface area contributed by atoms with Gasteiger partial charge in [0.05, 0.1) is 0 Å². The zero-order chi connectivity index (χ0) is 12.8. The topological polar surface area (TPSA) is 49.5 Å². The van der Waals surface area contributed by atoms with Gasteiger partial charge in [0.15, 0.2) is 0 Å². The van der Waals surface area contributed by atoms with Crippen molar-refractivity contribution < 1.29 is 5.11 Å². The van der Waals surface area contributed by atoms with Crippen LogP contribution in [0.1, 0.15) is 31.2 Å². The van der Waals surface area contributed by atoms with E-state index in [4.69, 9.17) is 10.8 Å². The molecular formula is C15H24N2O. The molecule has 100 valence electrons. The molecule has 1 fully saturated rings. The van der Waals surface area contributed by atoms with E-state index in [1.54, 1.807) is 0 Å². The van der Waals surface area contributed by atoms with Crippen LogP contribution >= 0.6 is 0 Å². The molecule has 1 atom stereocenters. The van der Waals surface area contributed by atoms with E-state index in [0.29, 0.717) is 12.6 Å². The first-order valence-corrected chi connectivity index (χ1v) is 6.99. The molecule has 1 aromatic rings. The van der Waals surface area contributed by atoms with Crippen LogP contribution in [0.2, 0.25) is 0 Å². The molecule has 0 amide bonds. The molecule has 3 nitrogen and oxygen atoms in total. The van der Waals surface area contributed by atoms with Gasteiger partial charge in [0.25, 0.3) is 0 Å². The quantitative estimate of drug-likeness (QED) is 0.758. The Morgan fingerprint density at radius 1 is 1.28 bits per heavy atom. The summed E-state index contributed by atoms with van der Waals surface area (Å²) in [7, 11) is 0. The Morgan fingerprint density at radius 3 is 2.78 bits per heavy atom. The highest BCUT2D eigenvalue weighted by molar-refractivity contribution is 5.39. The van der Waals surface area contributed by atoms with Crippen molar-refractivity contribution in [3.63, 3.8) is 0 Å². The number of benzene rings is 1. The zero-order valence-electron chi connectivity index (χ0n) is 11.0. The van der Waals surface area contributed by atoms with Crippen LogP contribution < -0.4 is 5.73 Å². The summed E-state index contributed by atoms with van der Waals surface area (Å²) >= 11 is 0. The number of nitrogens with two attached hydrogens (primary N) is 1. The zero-order valence-corrected chi connectivity index (χ0v) is 11.0. The Labute approximate surface area is 110 Å². The number of hydrogen-bond acceptors (Lipinski definition) is 3. The third kappa shape index (κ3) is 3.72. The summed E-state index contributed by atoms with van der Waals surface area (Å²) in [5.41, 5.74) is 7.88. The van der Waals surface area contributed by atoms with E-state index in [1.807, 2.05) is 12.1 Å². The summed E-state index contributed by atoms with van der Waals surface area (Å²) < 4.78 is 0. The van der Waals surface area contributed by atoms with Crippen molar-refractivity contribution in [3.05, 3.63) is 29.8 Å². The minimum atomic E-state index is 0.322. The predicted molar refractivity (Wildman–Crippen MR) is 75.5 cm³/mol. The van der Waals surface area contributed by atoms with Crippen LogP contribution in [0.25, 0.3) is 0 Å². The molecule has 3 heteroatoms. The lowest BCUT2D eigenvalue weighted by Gasteiger charge is -2.24. The van der Waals surface area contributed by atoms with Crippen molar-refractivity contribution >= 4 is 5.69 Å². The number of nitrogens with zero attached hydrogens (tertiary/aromatic N) is 1. The maximum Gasteiger partial charge on any atom is 0.0431 e. The summed E-state index contributed by atoms with van der Waals surface area (Å²) in [5, 5.41) is 8.92. The van der Waals surface area contributed by atoms with Crippen molar-refractivity contribution in [3.8, 4) is 0 Å². The lowest BCUT2D eigenvalue weighted by molar-refractivity contribution is 0.218. The van der Waals surface area contributed by atoms with Gasteiger partial charge in [-0.25, -0.2) is 0 Å². The summed E-state index contributed by atoms with van der Waals surface area (Å²) in [6, 6.07) is 8.87. The Bertz CT molecular complexity index is 350. The van der Waals surface area contributed by atoms with Crippen LogP contribution in [-0.2, 0) is 6.42 Å². The number of hydrogen-bond donors (Lipinski definition) is 2. The fourth-order valence-electron chi connectivity index (χ4n) is 2.80. The summed E-state index contributed by atoms with van der Waals surface area (Å²) in [5.74, 6) is 0. The molecule has 0 radical (unpaired) electrons. The van der Waals surface area contributed by atoms with E-state index in [-0.39, 0.29) is 0 Å². The lowest BCUT2D eigenvalue weighted by Crippen LogP contribution is -2.31. The number of aliphatic hydroxyl groups is 1. The number of rotatable bonds is 6. The van der Waals surface area contributed by atoms with Crippen LogP contribution in [0, 0.1) is 0 Å². The molecule has 1 heterocycles. The predicted octanol–water partition coefficient (Wildman–Crippen LogP) is 2.05. The molecular weight excluding hydrogens is 224 g/mol. The Balaban J connectivity index is 1.79. The molecule has 1 saturated heterocycles. The minimum absolute atomic E-state index is 0.322. The Morgan fingerprint density at radius 2 is 2.06 bits per heavy atom. The molecule has 0 aromatic heterocycles. The Kier molecular flexibility index (Phi) is 5.02. The normalized spacial score (nSPS) is 20.4. The van der Waals surface area contributed by atoms with E-state index in [1.165, 1.54) is 24.9 Å². The SMILES string of the molecule is Nc1ccc(CCN2CCCC2CCCO)cc1. The van der Waals surface area contributed by atoms with Gasteiger partial charge in [-0.05, 0) is 56.3 Å². The van der Waals surface area contributed by atoms with Gasteiger partial charge < -0.3 is 15.7 Å². The fourth-order valence-corrected chi connectivity index (χ4v) is 2.80. The van der Waals surface area contributed by atoms with Crippen molar-refractivity contribution in [2.75, 3.05) is 25.4 Å². The van der Waals surface area contributed by atoms with Crippen LogP contribution in [0.15, 0.2) is 24.3 Å². The third-order valence-electron chi connectivity index (χ3n) is 3.86. The van der Waals surface area contributed by atoms with Gasteiger partial charge in [0.1, 0.15) is 0 Å². The molecule has 0 spiro atoms. The van der Waals surface area contributed by atoms with E-state index in [9.17, 15) is 0 Å². The van der Waals surface area contributed by atoms with E-state index >= 15 is 0 Å². The van der Waals surface area contributed by atoms with Crippen molar-refractivity contribution in [1.82, 2.24) is 4.90 Å². The third-order valence-corrected chi connectivity index (χ3v) is 3.86. The van der Waals surface area contributed by atoms with Gasteiger partial charge in [0.2, 0.25) is 0 Å². The molecule has 18 heavy (non-hydrogen) atoms. The highest BCUT2D eigenvalue weighted by Crippen LogP contribution is 2.21. The van der Waals surface area contributed by atoms with Gasteiger partial charge in [-0.3, -0.25) is 0 Å². The average Bonchev–Trinajstić information content (AvgIpc) is 2.83. The number of nitrogen functional groups attached to an aromatic ring is 1. The maximum absolute atomic E-state index is 8.92. The summed E-state index contributed by atoms with van der Waals surface area (Å²) in [6.45, 7) is 2.66. The Hall–Kier alpha value is -1.06. The lowest BCUT2D eigenvalue weighted by atomic mass is 10.1. The molecule has 2 rings (SSSR count). The van der Waals surface area contributed by atoms with Gasteiger partial charge >= 0.3 is 0 Å². The van der Waals surface area contributed by atoms with Crippen LogP contribution in [0.5, 0.6) is 0 Å². The van der Waals surface area contributed by atoms with Gasteiger partial charge in [-0.1, -0.05) is 12.1 Å². The summed E-state index contributed by atoms with van der Waals surface area (Å²) in [4.78, 5) is 2.58. The maximum atomic E-state index is 8.92. The molecule has 0 saturated carbocycles. The van der Waals surface area contributed by atoms with Crippen LogP contribution in [-0.4, -0.2) is 35.7 Å². The van der Waals surface area contributed by atoms with E-state index in [0.717, 1.165) is 31.5 Å². The van der Waals surface area contributed by atoms with Crippen molar-refractivity contribution in [2.24, 2.45) is 0 Å². The molecule has 1 aromatic carbocycles. The first kappa shape index (κ1) is 13.4. The standard InChI is InChI=1S/C15H24N2O/c16-14-7-5-13(6-8-14)9-11-17-10-1-3-15(17)4-2-12-18/h5-8,15,18H,1-4,9-12,16H2. The first-order chi connectivity index (χ1) is 8.79. The number of anilines is 1. The van der Waals surface area contributed by atoms with Crippen LogP contribution in [0.3, 0.4) is 0 Å². The second kappa shape index (κ2) is 6.76. The van der Waals surface area contributed by atoms with Gasteiger partial charge in [-0.15, -0.1) is 0 Å². The van der Waals surface area contributed by atoms with Crippen LogP contribution in [0.4, 0.5) is 5.69 Å². The van der Waals surface area contributed by atoms with Gasteiger partial charge in [-0.2, -0.15) is 0 Å². The minimum Gasteiger partial charge on any atom is -0.399 e. The molecule has 0 bridgehead atoms. The fraction of sp³-hybridized carbons (Fsp3) is 0.600. The van der Waals surface area contributed by atoms with E-state index < -0.39 is 0 Å². The number of likely N-dealkylation sites (tertiary alicyclic amines) is 1. The monoisotopic (exact) mass is 248 g/mol. The molecule has 1 aliphatic heterocycles.